The second-order valence-corrected chi connectivity index (χ2v) is 5.41. The maximum atomic E-state index is 12.1. The molecule has 0 saturated heterocycles. The zero-order valence-corrected chi connectivity index (χ0v) is 11.9. The molecule has 0 bridgehead atoms. The molecule has 0 unspecified atom stereocenters. The Hall–Kier alpha value is -1.47. The summed E-state index contributed by atoms with van der Waals surface area (Å²) in [5.74, 6) is -1.32. The maximum Gasteiger partial charge on any atom is 0.313 e. The number of rotatable bonds is 4. The van der Waals surface area contributed by atoms with Crippen LogP contribution in [0.4, 0.5) is 0 Å². The third-order valence-corrected chi connectivity index (χ3v) is 3.20. The molecule has 0 aromatic carbocycles. The highest BCUT2D eigenvalue weighted by atomic mass is 16.6. The van der Waals surface area contributed by atoms with Crippen molar-refractivity contribution in [3.8, 4) is 0 Å². The molecule has 1 heterocycles. The Labute approximate surface area is 112 Å². The van der Waals surface area contributed by atoms with Crippen LogP contribution < -0.4 is 0 Å². The van der Waals surface area contributed by atoms with Crippen LogP contribution in [-0.4, -0.2) is 50.3 Å². The summed E-state index contributed by atoms with van der Waals surface area (Å²) < 4.78 is 5.14. The van der Waals surface area contributed by atoms with Crippen molar-refractivity contribution in [1.82, 2.24) is 5.06 Å². The van der Waals surface area contributed by atoms with Crippen LogP contribution in [0, 0.1) is 5.21 Å². The van der Waals surface area contributed by atoms with Gasteiger partial charge in [0.15, 0.2) is 0 Å². The number of hydrogen-bond donors (Lipinski definition) is 1. The van der Waals surface area contributed by atoms with Crippen molar-refractivity contribution >= 4 is 17.5 Å². The lowest BCUT2D eigenvalue weighted by Gasteiger charge is -2.29. The van der Waals surface area contributed by atoms with E-state index in [0.717, 1.165) is 5.06 Å². The number of esters is 1. The van der Waals surface area contributed by atoms with Gasteiger partial charge in [0.05, 0.1) is 6.61 Å². The molecule has 0 saturated carbocycles. The van der Waals surface area contributed by atoms with E-state index in [2.05, 4.69) is 4.74 Å². The van der Waals surface area contributed by atoms with Gasteiger partial charge in [-0.15, -0.1) is 5.06 Å². The minimum Gasteiger partial charge on any atom is -0.622 e. The summed E-state index contributed by atoms with van der Waals surface area (Å²) >= 11 is 0. The molecule has 0 aromatic heterocycles. The highest BCUT2D eigenvalue weighted by molar-refractivity contribution is 6.43. The molecule has 7 nitrogen and oxygen atoms in total. The number of hydroxylamine groups is 3. The second-order valence-electron chi connectivity index (χ2n) is 5.41. The Kier molecular flexibility index (Phi) is 4.02. The number of ketones is 1. The molecule has 0 atom stereocenters. The van der Waals surface area contributed by atoms with Crippen molar-refractivity contribution in [2.75, 3.05) is 6.61 Å². The minimum atomic E-state index is -1.26. The van der Waals surface area contributed by atoms with Crippen molar-refractivity contribution in [2.24, 2.45) is 0 Å². The van der Waals surface area contributed by atoms with E-state index in [9.17, 15) is 20.0 Å². The summed E-state index contributed by atoms with van der Waals surface area (Å²) in [6.07, 6.45) is -0.505. The monoisotopic (exact) mass is 272 g/mol. The van der Waals surface area contributed by atoms with Crippen LogP contribution in [0.1, 0.15) is 41.0 Å². The van der Waals surface area contributed by atoms with E-state index in [-0.39, 0.29) is 12.3 Å². The molecule has 0 fully saturated rings. The van der Waals surface area contributed by atoms with Gasteiger partial charge in [0.25, 0.3) is 5.71 Å². The summed E-state index contributed by atoms with van der Waals surface area (Å²) in [7, 11) is 0. The molecule has 1 aliphatic rings. The molecular weight excluding hydrogens is 252 g/mol. The Morgan fingerprint density at radius 2 is 1.89 bits per heavy atom. The van der Waals surface area contributed by atoms with Crippen LogP contribution in [-0.2, 0) is 14.3 Å². The first-order valence-corrected chi connectivity index (χ1v) is 6.09. The summed E-state index contributed by atoms with van der Waals surface area (Å²) in [5.41, 5.74) is -2.56. The third kappa shape index (κ3) is 2.48. The van der Waals surface area contributed by atoms with Gasteiger partial charge >= 0.3 is 5.97 Å². The molecule has 1 rings (SSSR count). The summed E-state index contributed by atoms with van der Waals surface area (Å²) in [6, 6.07) is 0. The third-order valence-electron chi connectivity index (χ3n) is 3.20. The molecule has 0 aromatic rings. The van der Waals surface area contributed by atoms with Gasteiger partial charge in [0.2, 0.25) is 11.4 Å². The van der Waals surface area contributed by atoms with Gasteiger partial charge in [-0.1, -0.05) is 0 Å². The summed E-state index contributed by atoms with van der Waals surface area (Å²) in [4.78, 5) is 23.4. The van der Waals surface area contributed by atoms with E-state index in [0.29, 0.717) is 4.74 Å². The Morgan fingerprint density at radius 1 is 1.37 bits per heavy atom. The van der Waals surface area contributed by atoms with Crippen LogP contribution >= 0.6 is 0 Å². The molecule has 0 amide bonds. The number of hydrogen-bond acceptors (Lipinski definition) is 6. The average molecular weight is 272 g/mol. The predicted octanol–water partition coefficient (Wildman–Crippen LogP) is 0.679. The molecule has 0 spiro atoms. The van der Waals surface area contributed by atoms with Crippen molar-refractivity contribution in [2.45, 2.75) is 52.2 Å². The number of ether oxygens (including phenoxy) is 1. The second kappa shape index (κ2) is 4.90. The first-order chi connectivity index (χ1) is 8.56. The fraction of sp³-hybridized carbons (Fsp3) is 0.750. The Morgan fingerprint density at radius 3 is 2.26 bits per heavy atom. The van der Waals surface area contributed by atoms with E-state index in [1.165, 1.54) is 13.8 Å². The molecule has 7 heteroatoms. The smallest absolute Gasteiger partial charge is 0.313 e. The van der Waals surface area contributed by atoms with Gasteiger partial charge in [-0.2, -0.15) is 4.74 Å². The largest absolute Gasteiger partial charge is 0.622 e. The van der Waals surface area contributed by atoms with Gasteiger partial charge in [-0.3, -0.25) is 9.59 Å². The maximum absolute atomic E-state index is 12.1. The van der Waals surface area contributed by atoms with E-state index < -0.39 is 29.4 Å². The average Bonchev–Trinajstić information content (AvgIpc) is 2.37. The topological polar surface area (TPSA) is 92.9 Å². The van der Waals surface area contributed by atoms with Crippen LogP contribution in [0.25, 0.3) is 0 Å². The SMILES string of the molecule is CCOC(=O)CC(=O)C1=[N+]([O-])C(C)(C)N(O)C1(C)C. The minimum absolute atomic E-state index is 0.145. The molecular formula is C12H20N2O5. The van der Waals surface area contributed by atoms with Gasteiger partial charge in [-0.05, 0) is 20.8 Å². The van der Waals surface area contributed by atoms with Crippen molar-refractivity contribution in [3.63, 3.8) is 0 Å². The summed E-state index contributed by atoms with van der Waals surface area (Å²) in [6.45, 7) is 7.88. The number of Topliss-reactive ketones (excluding diaryl/α,β-unsaturated/α-hetero) is 1. The normalized spacial score (nSPS) is 21.6. The van der Waals surface area contributed by atoms with Crippen LogP contribution in [0.15, 0.2) is 0 Å². The van der Waals surface area contributed by atoms with Crippen molar-refractivity contribution < 1.29 is 24.3 Å². The van der Waals surface area contributed by atoms with Crippen molar-refractivity contribution in [1.29, 1.82) is 0 Å². The lowest BCUT2D eigenvalue weighted by molar-refractivity contribution is -0.580. The van der Waals surface area contributed by atoms with E-state index in [1.54, 1.807) is 20.8 Å². The van der Waals surface area contributed by atoms with E-state index >= 15 is 0 Å². The molecule has 1 N–H and O–H groups in total. The van der Waals surface area contributed by atoms with Gasteiger partial charge in [0.1, 0.15) is 12.0 Å². The molecule has 0 aliphatic carbocycles. The van der Waals surface area contributed by atoms with Gasteiger partial charge in [-0.25, -0.2) is 0 Å². The first kappa shape index (κ1) is 15.6. The van der Waals surface area contributed by atoms with Crippen LogP contribution in [0.2, 0.25) is 0 Å². The van der Waals surface area contributed by atoms with E-state index in [1.807, 2.05) is 0 Å². The fourth-order valence-corrected chi connectivity index (χ4v) is 2.27. The summed E-state index contributed by atoms with van der Waals surface area (Å²) in [5, 5.41) is 23.0. The number of nitrogens with zero attached hydrogens (tertiary/aromatic N) is 2. The molecule has 108 valence electrons. The lowest BCUT2D eigenvalue weighted by Crippen LogP contribution is -2.52. The van der Waals surface area contributed by atoms with E-state index in [4.69, 9.17) is 0 Å². The highest BCUT2D eigenvalue weighted by Gasteiger charge is 2.59. The quantitative estimate of drug-likeness (QED) is 0.350. The number of carbonyl (C=O) groups is 2. The van der Waals surface area contributed by atoms with Gasteiger partial charge < -0.3 is 15.2 Å². The Balaban J connectivity index is 3.07. The fourth-order valence-electron chi connectivity index (χ4n) is 2.27. The lowest BCUT2D eigenvalue weighted by atomic mass is 9.94. The van der Waals surface area contributed by atoms with Crippen LogP contribution in [0.5, 0.6) is 0 Å². The first-order valence-electron chi connectivity index (χ1n) is 6.09. The molecule has 19 heavy (non-hydrogen) atoms. The molecule has 1 aliphatic heterocycles. The predicted molar refractivity (Wildman–Crippen MR) is 66.7 cm³/mol. The zero-order chi connectivity index (χ0) is 15.0. The molecule has 0 radical (unpaired) electrons. The highest BCUT2D eigenvalue weighted by Crippen LogP contribution is 2.32. The van der Waals surface area contributed by atoms with Crippen molar-refractivity contribution in [3.05, 3.63) is 5.21 Å². The zero-order valence-electron chi connectivity index (χ0n) is 11.9. The van der Waals surface area contributed by atoms with Gasteiger partial charge in [0, 0.05) is 13.8 Å². The standard InChI is InChI=1S/C12H20N2O5/c1-6-19-9(16)7-8(15)10-11(2,3)14(18)12(4,5)13(10)17/h18H,6-7H2,1-5H3. The Bertz CT molecular complexity index is 439. The van der Waals surface area contributed by atoms with Crippen LogP contribution in [0.3, 0.4) is 0 Å². The number of carbonyl (C=O) groups excluding carboxylic acids is 2.